The van der Waals surface area contributed by atoms with Crippen molar-refractivity contribution in [1.82, 2.24) is 4.90 Å². The molecule has 0 radical (unpaired) electrons. The van der Waals surface area contributed by atoms with Gasteiger partial charge in [0.15, 0.2) is 11.3 Å². The summed E-state index contributed by atoms with van der Waals surface area (Å²) in [7, 11) is 1.50. The molecule has 0 saturated heterocycles. The van der Waals surface area contributed by atoms with Crippen LogP contribution in [0.15, 0.2) is 74.0 Å². The van der Waals surface area contributed by atoms with E-state index < -0.39 is 11.5 Å². The summed E-state index contributed by atoms with van der Waals surface area (Å²) >= 11 is 1.55. The number of hydrogen-bond donors (Lipinski definition) is 0. The number of hydrogen-bond acceptors (Lipinski definition) is 6. The highest BCUT2D eigenvalue weighted by Gasteiger charge is 2.22. The number of thiophene rings is 1. The molecule has 0 bridgehead atoms. The third kappa shape index (κ3) is 3.57. The van der Waals surface area contributed by atoms with Gasteiger partial charge in [0.05, 0.1) is 26.2 Å². The Morgan fingerprint density at radius 3 is 2.79 bits per heavy atom. The molecule has 4 rings (SSSR count). The minimum Gasteiger partial charge on any atom is -0.493 e. The molecule has 3 aromatic heterocycles. The van der Waals surface area contributed by atoms with Crippen LogP contribution in [0.2, 0.25) is 0 Å². The van der Waals surface area contributed by atoms with Crippen LogP contribution < -0.4 is 10.4 Å². The van der Waals surface area contributed by atoms with E-state index in [0.717, 1.165) is 10.4 Å². The van der Waals surface area contributed by atoms with Crippen molar-refractivity contribution in [3.63, 3.8) is 0 Å². The Morgan fingerprint density at radius 1 is 1.18 bits per heavy atom. The summed E-state index contributed by atoms with van der Waals surface area (Å²) in [6.07, 6.45) is 3.14. The predicted molar refractivity (Wildman–Crippen MR) is 106 cm³/mol. The number of carbonyl (C=O) groups excluding carboxylic acids is 1. The van der Waals surface area contributed by atoms with E-state index >= 15 is 0 Å². The number of carbonyl (C=O) groups is 1. The largest absolute Gasteiger partial charge is 0.493 e. The summed E-state index contributed by atoms with van der Waals surface area (Å²) in [6, 6.07) is 12.5. The maximum absolute atomic E-state index is 13.2. The summed E-state index contributed by atoms with van der Waals surface area (Å²) in [4.78, 5) is 28.4. The van der Waals surface area contributed by atoms with Gasteiger partial charge in [-0.25, -0.2) is 4.79 Å². The molecule has 1 aromatic carbocycles. The molecule has 0 aliphatic carbocycles. The van der Waals surface area contributed by atoms with Crippen molar-refractivity contribution in [3.05, 3.63) is 86.8 Å². The third-order valence-electron chi connectivity index (χ3n) is 4.34. The van der Waals surface area contributed by atoms with E-state index in [1.165, 1.54) is 7.11 Å². The van der Waals surface area contributed by atoms with Gasteiger partial charge < -0.3 is 18.5 Å². The van der Waals surface area contributed by atoms with Crippen molar-refractivity contribution in [1.29, 1.82) is 0 Å². The average Bonchev–Trinajstić information content (AvgIpc) is 3.40. The standard InChI is InChI=1S/C21H17NO5S/c1-25-18-6-2-4-15-10-17(21(24)27-19(15)18)20(23)22(11-14-7-8-26-13-14)12-16-5-3-9-28-16/h2-10,13H,11-12H2,1H3. The van der Waals surface area contributed by atoms with Crippen LogP contribution >= 0.6 is 11.3 Å². The summed E-state index contributed by atoms with van der Waals surface area (Å²) in [5.74, 6) is 0.0514. The number of furan rings is 1. The van der Waals surface area contributed by atoms with Gasteiger partial charge in [-0.3, -0.25) is 4.79 Å². The molecular weight excluding hydrogens is 378 g/mol. The predicted octanol–water partition coefficient (Wildman–Crippen LogP) is 4.30. The summed E-state index contributed by atoms with van der Waals surface area (Å²) in [5.41, 5.74) is 0.467. The fraction of sp³-hybridized carbons (Fsp3) is 0.143. The quantitative estimate of drug-likeness (QED) is 0.455. The third-order valence-corrected chi connectivity index (χ3v) is 5.20. The number of nitrogens with zero attached hydrogens (tertiary/aromatic N) is 1. The highest BCUT2D eigenvalue weighted by atomic mass is 32.1. The molecule has 142 valence electrons. The number of amides is 1. The number of methoxy groups -OCH3 is 1. The molecule has 4 aromatic rings. The fourth-order valence-corrected chi connectivity index (χ4v) is 3.71. The monoisotopic (exact) mass is 395 g/mol. The normalized spacial score (nSPS) is 10.9. The van der Waals surface area contributed by atoms with Gasteiger partial charge in [0.25, 0.3) is 5.91 Å². The van der Waals surface area contributed by atoms with Crippen LogP contribution in [0, 0.1) is 0 Å². The minimum atomic E-state index is -0.689. The maximum Gasteiger partial charge on any atom is 0.349 e. The van der Waals surface area contributed by atoms with E-state index in [0.29, 0.717) is 29.8 Å². The Labute approximate surface area is 164 Å². The Kier molecular flexibility index (Phi) is 4.99. The Morgan fingerprint density at radius 2 is 2.07 bits per heavy atom. The zero-order chi connectivity index (χ0) is 19.5. The van der Waals surface area contributed by atoms with Crippen LogP contribution in [-0.2, 0) is 13.1 Å². The molecule has 3 heterocycles. The lowest BCUT2D eigenvalue weighted by atomic mass is 10.1. The van der Waals surface area contributed by atoms with Crippen molar-refractivity contribution >= 4 is 28.2 Å². The molecular formula is C21H17NO5S. The molecule has 0 fully saturated rings. The van der Waals surface area contributed by atoms with Crippen LogP contribution in [-0.4, -0.2) is 17.9 Å². The number of benzene rings is 1. The molecule has 7 heteroatoms. The van der Waals surface area contributed by atoms with E-state index in [1.807, 2.05) is 17.5 Å². The lowest BCUT2D eigenvalue weighted by Gasteiger charge is -2.21. The van der Waals surface area contributed by atoms with Crippen molar-refractivity contribution in [2.45, 2.75) is 13.1 Å². The van der Waals surface area contributed by atoms with Crippen molar-refractivity contribution in [3.8, 4) is 5.75 Å². The molecule has 0 N–H and O–H groups in total. The van der Waals surface area contributed by atoms with Crippen LogP contribution in [0.1, 0.15) is 20.8 Å². The lowest BCUT2D eigenvalue weighted by Crippen LogP contribution is -2.33. The topological polar surface area (TPSA) is 72.9 Å². The highest BCUT2D eigenvalue weighted by Crippen LogP contribution is 2.25. The van der Waals surface area contributed by atoms with Gasteiger partial charge in [0, 0.05) is 22.4 Å². The summed E-state index contributed by atoms with van der Waals surface area (Å²) in [5, 5.41) is 2.58. The van der Waals surface area contributed by atoms with Crippen molar-refractivity contribution in [2.24, 2.45) is 0 Å². The van der Waals surface area contributed by atoms with Crippen molar-refractivity contribution in [2.75, 3.05) is 7.11 Å². The molecule has 0 saturated carbocycles. The maximum atomic E-state index is 13.2. The first kappa shape index (κ1) is 18.1. The van der Waals surface area contributed by atoms with E-state index in [4.69, 9.17) is 13.6 Å². The van der Waals surface area contributed by atoms with Gasteiger partial charge in [0.1, 0.15) is 5.56 Å². The number of ether oxygens (including phenoxy) is 1. The zero-order valence-corrected chi connectivity index (χ0v) is 15.9. The second kappa shape index (κ2) is 7.74. The second-order valence-corrected chi connectivity index (χ2v) is 7.23. The first-order valence-electron chi connectivity index (χ1n) is 8.59. The molecule has 0 aliphatic heterocycles. The van der Waals surface area contributed by atoms with Crippen LogP contribution in [0.3, 0.4) is 0 Å². The van der Waals surface area contributed by atoms with Gasteiger partial charge in [-0.2, -0.15) is 0 Å². The summed E-state index contributed by atoms with van der Waals surface area (Å²) < 4.78 is 15.8. The molecule has 6 nitrogen and oxygen atoms in total. The van der Waals surface area contributed by atoms with Gasteiger partial charge in [-0.15, -0.1) is 11.3 Å². The Hall–Kier alpha value is -3.32. The Balaban J connectivity index is 1.73. The second-order valence-electron chi connectivity index (χ2n) is 6.20. The van der Waals surface area contributed by atoms with E-state index in [9.17, 15) is 9.59 Å². The Bertz CT molecular complexity index is 1110. The van der Waals surface area contributed by atoms with Gasteiger partial charge in [-0.05, 0) is 29.6 Å². The van der Waals surface area contributed by atoms with Gasteiger partial charge >= 0.3 is 5.63 Å². The number of fused-ring (bicyclic) bond motifs is 1. The highest BCUT2D eigenvalue weighted by molar-refractivity contribution is 7.09. The first-order chi connectivity index (χ1) is 13.7. The molecule has 28 heavy (non-hydrogen) atoms. The fourth-order valence-electron chi connectivity index (χ4n) is 2.99. The van der Waals surface area contributed by atoms with Crippen LogP contribution in [0.5, 0.6) is 5.75 Å². The van der Waals surface area contributed by atoms with Gasteiger partial charge in [0.2, 0.25) is 0 Å². The van der Waals surface area contributed by atoms with Crippen LogP contribution in [0.4, 0.5) is 0 Å². The van der Waals surface area contributed by atoms with E-state index in [1.54, 1.807) is 59.1 Å². The van der Waals surface area contributed by atoms with Gasteiger partial charge in [-0.1, -0.05) is 18.2 Å². The molecule has 0 spiro atoms. The van der Waals surface area contributed by atoms with Crippen LogP contribution in [0.25, 0.3) is 11.0 Å². The minimum absolute atomic E-state index is 0.0131. The first-order valence-corrected chi connectivity index (χ1v) is 9.47. The lowest BCUT2D eigenvalue weighted by molar-refractivity contribution is 0.0727. The average molecular weight is 395 g/mol. The smallest absolute Gasteiger partial charge is 0.349 e. The number of para-hydroxylation sites is 1. The summed E-state index contributed by atoms with van der Waals surface area (Å²) in [6.45, 7) is 0.708. The van der Waals surface area contributed by atoms with E-state index in [-0.39, 0.29) is 5.56 Å². The zero-order valence-electron chi connectivity index (χ0n) is 15.1. The molecule has 0 atom stereocenters. The molecule has 0 aliphatic rings. The van der Waals surface area contributed by atoms with E-state index in [2.05, 4.69) is 0 Å². The SMILES string of the molecule is COc1cccc2cc(C(=O)N(Cc3ccoc3)Cc3cccs3)c(=O)oc12. The molecule has 0 unspecified atom stereocenters. The van der Waals surface area contributed by atoms with Crippen molar-refractivity contribution < 1.29 is 18.4 Å². The number of rotatable bonds is 6. The molecule has 1 amide bonds.